The molecule has 0 aromatic heterocycles. The standard InChI is InChI=1S/C11H17N3O4/c1-11(2)17-6-7(18-11)5-12-10(16)8-3-4-9(15)14-13-8/h7H,3-6H2,1-2H3,(H,12,16)(H,14,15). The van der Waals surface area contributed by atoms with Gasteiger partial charge in [0.15, 0.2) is 5.79 Å². The van der Waals surface area contributed by atoms with Crippen molar-refractivity contribution >= 4 is 17.5 Å². The Labute approximate surface area is 105 Å². The minimum absolute atomic E-state index is 0.150. The van der Waals surface area contributed by atoms with Crippen LogP contribution in [0.2, 0.25) is 0 Å². The van der Waals surface area contributed by atoms with Gasteiger partial charge in [-0.15, -0.1) is 0 Å². The molecule has 0 aromatic carbocycles. The van der Waals surface area contributed by atoms with Gasteiger partial charge < -0.3 is 14.8 Å². The molecule has 2 heterocycles. The van der Waals surface area contributed by atoms with Crippen molar-refractivity contribution in [2.24, 2.45) is 5.10 Å². The van der Waals surface area contributed by atoms with Crippen LogP contribution in [-0.4, -0.2) is 42.6 Å². The van der Waals surface area contributed by atoms with Crippen LogP contribution in [0, 0.1) is 0 Å². The topological polar surface area (TPSA) is 89.0 Å². The quantitative estimate of drug-likeness (QED) is 0.713. The first-order valence-electron chi connectivity index (χ1n) is 5.92. The summed E-state index contributed by atoms with van der Waals surface area (Å²) in [6.45, 7) is 4.48. The molecular formula is C11H17N3O4. The summed E-state index contributed by atoms with van der Waals surface area (Å²) in [5.74, 6) is -1.03. The van der Waals surface area contributed by atoms with Crippen LogP contribution >= 0.6 is 0 Å². The van der Waals surface area contributed by atoms with E-state index in [9.17, 15) is 9.59 Å². The van der Waals surface area contributed by atoms with E-state index in [0.717, 1.165) is 0 Å². The molecule has 2 N–H and O–H groups in total. The van der Waals surface area contributed by atoms with Crippen LogP contribution < -0.4 is 10.7 Å². The maximum atomic E-state index is 11.7. The summed E-state index contributed by atoms with van der Waals surface area (Å²) in [6, 6.07) is 0. The fraction of sp³-hybridized carbons (Fsp3) is 0.727. The van der Waals surface area contributed by atoms with E-state index in [1.54, 1.807) is 0 Å². The van der Waals surface area contributed by atoms with Crippen molar-refractivity contribution in [3.05, 3.63) is 0 Å². The molecule has 2 aliphatic rings. The third-order valence-electron chi connectivity index (χ3n) is 2.72. The minimum atomic E-state index is -0.592. The predicted molar refractivity (Wildman–Crippen MR) is 62.7 cm³/mol. The van der Waals surface area contributed by atoms with E-state index in [4.69, 9.17) is 9.47 Å². The summed E-state index contributed by atoms with van der Waals surface area (Å²) in [5, 5.41) is 6.44. The lowest BCUT2D eigenvalue weighted by atomic mass is 10.1. The zero-order chi connectivity index (χ0) is 13.2. The maximum absolute atomic E-state index is 11.7. The first-order valence-corrected chi connectivity index (χ1v) is 5.92. The molecule has 0 saturated carbocycles. The van der Waals surface area contributed by atoms with Crippen LogP contribution in [0.4, 0.5) is 0 Å². The molecule has 1 unspecified atom stereocenters. The van der Waals surface area contributed by atoms with Crippen LogP contribution in [0.1, 0.15) is 26.7 Å². The molecule has 2 amide bonds. The van der Waals surface area contributed by atoms with Crippen LogP contribution in [0.15, 0.2) is 5.10 Å². The Morgan fingerprint density at radius 1 is 1.56 bits per heavy atom. The maximum Gasteiger partial charge on any atom is 0.267 e. The van der Waals surface area contributed by atoms with Crippen LogP contribution in [0.5, 0.6) is 0 Å². The molecule has 0 bridgehead atoms. The molecule has 7 nitrogen and oxygen atoms in total. The minimum Gasteiger partial charge on any atom is -0.348 e. The molecule has 100 valence electrons. The Kier molecular flexibility index (Phi) is 3.63. The normalized spacial score (nSPS) is 26.4. The summed E-state index contributed by atoms with van der Waals surface area (Å²) in [6.07, 6.45) is 0.510. The Morgan fingerprint density at radius 2 is 2.33 bits per heavy atom. The average molecular weight is 255 g/mol. The molecule has 2 rings (SSSR count). The van der Waals surface area contributed by atoms with E-state index in [2.05, 4.69) is 15.8 Å². The SMILES string of the molecule is CC1(C)OCC(CNC(=O)C2=NNC(=O)CC2)O1. The van der Waals surface area contributed by atoms with E-state index in [1.807, 2.05) is 13.8 Å². The molecule has 0 aromatic rings. The lowest BCUT2D eigenvalue weighted by Gasteiger charge is -2.17. The van der Waals surface area contributed by atoms with Crippen molar-refractivity contribution in [1.29, 1.82) is 0 Å². The summed E-state index contributed by atoms with van der Waals surface area (Å²) in [7, 11) is 0. The number of hydrazone groups is 1. The van der Waals surface area contributed by atoms with Crippen molar-refractivity contribution in [2.75, 3.05) is 13.2 Å². The predicted octanol–water partition coefficient (Wildman–Crippen LogP) is -0.480. The molecule has 0 aliphatic carbocycles. The number of carbonyl (C=O) groups excluding carboxylic acids is 2. The van der Waals surface area contributed by atoms with Gasteiger partial charge in [0, 0.05) is 19.4 Å². The molecule has 18 heavy (non-hydrogen) atoms. The number of carbonyl (C=O) groups is 2. The van der Waals surface area contributed by atoms with E-state index in [-0.39, 0.29) is 17.9 Å². The zero-order valence-corrected chi connectivity index (χ0v) is 10.5. The summed E-state index contributed by atoms with van der Waals surface area (Å²) >= 11 is 0. The Balaban J connectivity index is 1.77. The van der Waals surface area contributed by atoms with E-state index < -0.39 is 5.79 Å². The number of hydrogen-bond acceptors (Lipinski definition) is 5. The summed E-state index contributed by atoms with van der Waals surface area (Å²) in [4.78, 5) is 22.6. The van der Waals surface area contributed by atoms with Gasteiger partial charge in [-0.1, -0.05) is 0 Å². The van der Waals surface area contributed by atoms with Gasteiger partial charge in [0.1, 0.15) is 11.8 Å². The molecule has 2 aliphatic heterocycles. The Morgan fingerprint density at radius 3 is 2.89 bits per heavy atom. The second-order valence-corrected chi connectivity index (χ2v) is 4.75. The van der Waals surface area contributed by atoms with Crippen molar-refractivity contribution in [3.8, 4) is 0 Å². The highest BCUT2D eigenvalue weighted by Gasteiger charge is 2.32. The second kappa shape index (κ2) is 5.03. The molecule has 1 saturated heterocycles. The van der Waals surface area contributed by atoms with Crippen molar-refractivity contribution in [3.63, 3.8) is 0 Å². The number of rotatable bonds is 3. The van der Waals surface area contributed by atoms with Crippen LogP contribution in [0.3, 0.4) is 0 Å². The van der Waals surface area contributed by atoms with Gasteiger partial charge in [-0.05, 0) is 13.8 Å². The first kappa shape index (κ1) is 13.0. The molecule has 0 radical (unpaired) electrons. The van der Waals surface area contributed by atoms with E-state index in [1.165, 1.54) is 0 Å². The molecule has 0 spiro atoms. The number of amides is 2. The van der Waals surface area contributed by atoms with Crippen molar-refractivity contribution in [2.45, 2.75) is 38.6 Å². The molecule has 1 atom stereocenters. The summed E-state index contributed by atoms with van der Waals surface area (Å²) < 4.78 is 10.9. The number of ether oxygens (including phenoxy) is 2. The van der Waals surface area contributed by atoms with E-state index >= 15 is 0 Å². The van der Waals surface area contributed by atoms with Crippen molar-refractivity contribution < 1.29 is 19.1 Å². The van der Waals surface area contributed by atoms with Gasteiger partial charge in [-0.25, -0.2) is 5.43 Å². The van der Waals surface area contributed by atoms with Crippen molar-refractivity contribution in [1.82, 2.24) is 10.7 Å². The van der Waals surface area contributed by atoms with Crippen LogP contribution in [0.25, 0.3) is 0 Å². The highest BCUT2D eigenvalue weighted by molar-refractivity contribution is 6.39. The first-order chi connectivity index (χ1) is 8.46. The number of nitrogens with zero attached hydrogens (tertiary/aromatic N) is 1. The van der Waals surface area contributed by atoms with Gasteiger partial charge in [0.25, 0.3) is 5.91 Å². The number of nitrogens with one attached hydrogen (secondary N) is 2. The van der Waals surface area contributed by atoms with Gasteiger partial charge in [0.05, 0.1) is 6.61 Å². The molecular weight excluding hydrogens is 238 g/mol. The monoisotopic (exact) mass is 255 g/mol. The number of hydrogen-bond donors (Lipinski definition) is 2. The highest BCUT2D eigenvalue weighted by Crippen LogP contribution is 2.21. The summed E-state index contributed by atoms with van der Waals surface area (Å²) in [5.41, 5.74) is 2.63. The fourth-order valence-electron chi connectivity index (χ4n) is 1.81. The largest absolute Gasteiger partial charge is 0.348 e. The highest BCUT2D eigenvalue weighted by atomic mass is 16.7. The van der Waals surface area contributed by atoms with Gasteiger partial charge >= 0.3 is 0 Å². The second-order valence-electron chi connectivity index (χ2n) is 4.75. The third-order valence-corrected chi connectivity index (χ3v) is 2.72. The fourth-order valence-corrected chi connectivity index (χ4v) is 1.81. The zero-order valence-electron chi connectivity index (χ0n) is 10.5. The lowest BCUT2D eigenvalue weighted by molar-refractivity contribution is -0.138. The Bertz CT molecular complexity index is 392. The van der Waals surface area contributed by atoms with Gasteiger partial charge in [-0.3, -0.25) is 9.59 Å². The molecule has 1 fully saturated rings. The Hall–Kier alpha value is -1.47. The van der Waals surface area contributed by atoms with Gasteiger partial charge in [-0.2, -0.15) is 5.10 Å². The third kappa shape index (κ3) is 3.27. The average Bonchev–Trinajstić information content (AvgIpc) is 2.67. The lowest BCUT2D eigenvalue weighted by Crippen LogP contribution is -2.40. The van der Waals surface area contributed by atoms with Crippen LogP contribution in [-0.2, 0) is 19.1 Å². The van der Waals surface area contributed by atoms with E-state index in [0.29, 0.717) is 31.7 Å². The molecule has 7 heteroatoms. The van der Waals surface area contributed by atoms with Gasteiger partial charge in [0.2, 0.25) is 5.91 Å². The smallest absolute Gasteiger partial charge is 0.267 e.